The second-order valence-corrected chi connectivity index (χ2v) is 7.67. The summed E-state index contributed by atoms with van der Waals surface area (Å²) in [6.07, 6.45) is 0. The van der Waals surface area contributed by atoms with E-state index in [1.165, 1.54) is 17.8 Å². The monoisotopic (exact) mass is 397 g/mol. The fourth-order valence-corrected chi connectivity index (χ4v) is 4.29. The van der Waals surface area contributed by atoms with Gasteiger partial charge in [0.1, 0.15) is 16.6 Å². The Hall–Kier alpha value is -2.44. The van der Waals surface area contributed by atoms with Crippen molar-refractivity contribution in [3.05, 3.63) is 65.4 Å². The van der Waals surface area contributed by atoms with E-state index in [4.69, 9.17) is 9.72 Å². The van der Waals surface area contributed by atoms with Crippen LogP contribution in [0.5, 0.6) is 5.75 Å². The van der Waals surface area contributed by atoms with Crippen LogP contribution in [0, 0.1) is 5.82 Å². The molecule has 0 saturated carbocycles. The summed E-state index contributed by atoms with van der Waals surface area (Å²) in [4.78, 5) is 9.57. The maximum absolute atomic E-state index is 13.1. The molecule has 2 heterocycles. The number of ether oxygens (including phenoxy) is 1. The van der Waals surface area contributed by atoms with Gasteiger partial charge in [0.25, 0.3) is 0 Å². The first kappa shape index (κ1) is 18.9. The number of anilines is 1. The van der Waals surface area contributed by atoms with E-state index in [0.29, 0.717) is 6.61 Å². The van der Waals surface area contributed by atoms with Crippen molar-refractivity contribution in [2.75, 3.05) is 37.7 Å². The first-order valence-electron chi connectivity index (χ1n) is 9.62. The topological polar surface area (TPSA) is 28.6 Å². The lowest BCUT2D eigenvalue weighted by Crippen LogP contribution is -2.46. The van der Waals surface area contributed by atoms with Gasteiger partial charge in [-0.15, -0.1) is 11.3 Å². The van der Waals surface area contributed by atoms with Gasteiger partial charge in [-0.2, -0.15) is 0 Å². The molecule has 0 spiro atoms. The summed E-state index contributed by atoms with van der Waals surface area (Å²) in [6, 6.07) is 14.8. The van der Waals surface area contributed by atoms with Gasteiger partial charge in [0.05, 0.1) is 18.0 Å². The lowest BCUT2D eigenvalue weighted by Gasteiger charge is -2.36. The lowest BCUT2D eigenvalue weighted by molar-refractivity contribution is 0.246. The van der Waals surface area contributed by atoms with Gasteiger partial charge < -0.3 is 9.64 Å². The molecule has 3 aromatic rings. The third-order valence-electron chi connectivity index (χ3n) is 4.91. The lowest BCUT2D eigenvalue weighted by atomic mass is 10.2. The standard InChI is InChI=1S/C22H24FN3OS/c1-2-27-21-6-4-3-5-20(21)26-13-11-25(12-14-26)15-19-16-28-22(24-19)17-7-9-18(23)10-8-17/h3-10,16H,2,11-15H2,1H3. The number of para-hydroxylation sites is 2. The van der Waals surface area contributed by atoms with Crippen molar-refractivity contribution < 1.29 is 9.13 Å². The van der Waals surface area contributed by atoms with Crippen molar-refractivity contribution in [3.8, 4) is 16.3 Å². The van der Waals surface area contributed by atoms with Crippen LogP contribution < -0.4 is 9.64 Å². The van der Waals surface area contributed by atoms with Crippen LogP contribution in [0.1, 0.15) is 12.6 Å². The average molecular weight is 398 g/mol. The zero-order valence-electron chi connectivity index (χ0n) is 16.0. The Morgan fingerprint density at radius 3 is 2.54 bits per heavy atom. The van der Waals surface area contributed by atoms with E-state index in [0.717, 1.165) is 54.7 Å². The Morgan fingerprint density at radius 1 is 1.04 bits per heavy atom. The Labute approximate surface area is 169 Å². The van der Waals surface area contributed by atoms with Crippen LogP contribution in [0.3, 0.4) is 0 Å². The van der Waals surface area contributed by atoms with E-state index in [-0.39, 0.29) is 5.82 Å². The molecule has 146 valence electrons. The number of halogens is 1. The predicted octanol–water partition coefficient (Wildman–Crippen LogP) is 4.67. The molecule has 28 heavy (non-hydrogen) atoms. The van der Waals surface area contributed by atoms with Crippen LogP contribution in [0.4, 0.5) is 10.1 Å². The van der Waals surface area contributed by atoms with Crippen LogP contribution in [0.15, 0.2) is 53.9 Å². The van der Waals surface area contributed by atoms with Crippen molar-refractivity contribution >= 4 is 17.0 Å². The number of benzene rings is 2. The molecule has 0 unspecified atom stereocenters. The van der Waals surface area contributed by atoms with Gasteiger partial charge in [-0.1, -0.05) is 12.1 Å². The summed E-state index contributed by atoms with van der Waals surface area (Å²) < 4.78 is 18.9. The molecule has 0 bridgehead atoms. The Bertz CT molecular complexity index is 904. The highest BCUT2D eigenvalue weighted by Gasteiger charge is 2.20. The van der Waals surface area contributed by atoms with Gasteiger partial charge in [-0.25, -0.2) is 9.37 Å². The van der Waals surface area contributed by atoms with Crippen LogP contribution in [-0.2, 0) is 6.54 Å². The largest absolute Gasteiger partial charge is 0.492 e. The van der Waals surface area contributed by atoms with Gasteiger partial charge >= 0.3 is 0 Å². The first-order chi connectivity index (χ1) is 13.7. The zero-order valence-corrected chi connectivity index (χ0v) is 16.8. The molecular formula is C22H24FN3OS. The van der Waals surface area contributed by atoms with E-state index in [9.17, 15) is 4.39 Å². The highest BCUT2D eigenvalue weighted by molar-refractivity contribution is 7.13. The van der Waals surface area contributed by atoms with Crippen molar-refractivity contribution in [1.82, 2.24) is 9.88 Å². The normalized spacial score (nSPS) is 15.0. The molecule has 1 fully saturated rings. The van der Waals surface area contributed by atoms with Crippen molar-refractivity contribution in [2.45, 2.75) is 13.5 Å². The number of hydrogen-bond acceptors (Lipinski definition) is 5. The molecule has 1 saturated heterocycles. The smallest absolute Gasteiger partial charge is 0.142 e. The van der Waals surface area contributed by atoms with E-state index < -0.39 is 0 Å². The highest BCUT2D eigenvalue weighted by atomic mass is 32.1. The molecule has 6 heteroatoms. The second kappa shape index (κ2) is 8.71. The molecular weight excluding hydrogens is 373 g/mol. The van der Waals surface area contributed by atoms with E-state index in [2.05, 4.69) is 27.3 Å². The van der Waals surface area contributed by atoms with Crippen LogP contribution in [0.2, 0.25) is 0 Å². The molecule has 0 radical (unpaired) electrons. The summed E-state index contributed by atoms with van der Waals surface area (Å²) in [7, 11) is 0. The van der Waals surface area contributed by atoms with E-state index in [1.807, 2.05) is 19.1 Å². The highest BCUT2D eigenvalue weighted by Crippen LogP contribution is 2.29. The molecule has 1 aromatic heterocycles. The second-order valence-electron chi connectivity index (χ2n) is 6.81. The fourth-order valence-electron chi connectivity index (χ4n) is 3.48. The molecule has 2 aromatic carbocycles. The predicted molar refractivity (Wildman–Crippen MR) is 113 cm³/mol. The summed E-state index contributed by atoms with van der Waals surface area (Å²) in [6.45, 7) is 7.46. The minimum absolute atomic E-state index is 0.218. The molecule has 4 rings (SSSR count). The molecule has 0 N–H and O–H groups in total. The van der Waals surface area contributed by atoms with Gasteiger partial charge in [0, 0.05) is 43.7 Å². The fraction of sp³-hybridized carbons (Fsp3) is 0.318. The number of nitrogens with zero attached hydrogens (tertiary/aromatic N) is 3. The van der Waals surface area contributed by atoms with E-state index >= 15 is 0 Å². The number of thiazole rings is 1. The van der Waals surface area contributed by atoms with Crippen LogP contribution >= 0.6 is 11.3 Å². The van der Waals surface area contributed by atoms with Gasteiger partial charge in [0.2, 0.25) is 0 Å². The van der Waals surface area contributed by atoms with Gasteiger partial charge in [-0.05, 0) is 43.3 Å². The Morgan fingerprint density at radius 2 is 1.79 bits per heavy atom. The number of piperazine rings is 1. The maximum atomic E-state index is 13.1. The molecule has 0 atom stereocenters. The Kier molecular flexibility index (Phi) is 5.88. The quantitative estimate of drug-likeness (QED) is 0.604. The summed E-state index contributed by atoms with van der Waals surface area (Å²) in [5, 5.41) is 3.05. The number of rotatable bonds is 6. The zero-order chi connectivity index (χ0) is 19.3. The van der Waals surface area contributed by atoms with Crippen molar-refractivity contribution in [2.24, 2.45) is 0 Å². The minimum atomic E-state index is -0.218. The van der Waals surface area contributed by atoms with Crippen LogP contribution in [0.25, 0.3) is 10.6 Å². The summed E-state index contributed by atoms with van der Waals surface area (Å²) in [5.41, 5.74) is 3.22. The molecule has 1 aliphatic rings. The summed E-state index contributed by atoms with van der Waals surface area (Å²) >= 11 is 1.61. The number of hydrogen-bond donors (Lipinski definition) is 0. The molecule has 0 aliphatic carbocycles. The SMILES string of the molecule is CCOc1ccccc1N1CCN(Cc2csc(-c3ccc(F)cc3)n2)CC1. The molecule has 1 aliphatic heterocycles. The molecule has 0 amide bonds. The van der Waals surface area contributed by atoms with Gasteiger partial charge in [0.15, 0.2) is 0 Å². The third-order valence-corrected chi connectivity index (χ3v) is 5.85. The van der Waals surface area contributed by atoms with Crippen molar-refractivity contribution in [1.29, 1.82) is 0 Å². The summed E-state index contributed by atoms with van der Waals surface area (Å²) in [5.74, 6) is 0.742. The van der Waals surface area contributed by atoms with Crippen molar-refractivity contribution in [3.63, 3.8) is 0 Å². The first-order valence-corrected chi connectivity index (χ1v) is 10.5. The minimum Gasteiger partial charge on any atom is -0.492 e. The Balaban J connectivity index is 1.36. The average Bonchev–Trinajstić information content (AvgIpc) is 3.18. The van der Waals surface area contributed by atoms with Crippen LogP contribution in [-0.4, -0.2) is 42.7 Å². The molecule has 4 nitrogen and oxygen atoms in total. The number of aromatic nitrogens is 1. The van der Waals surface area contributed by atoms with Gasteiger partial charge in [-0.3, -0.25) is 4.90 Å². The maximum Gasteiger partial charge on any atom is 0.142 e. The van der Waals surface area contributed by atoms with E-state index in [1.54, 1.807) is 23.5 Å². The third kappa shape index (κ3) is 4.34.